The van der Waals surface area contributed by atoms with E-state index in [4.69, 9.17) is 17.5 Å². The maximum atomic E-state index is 8.74. The highest BCUT2D eigenvalue weighted by Gasteiger charge is 1.84. The van der Waals surface area contributed by atoms with Crippen molar-refractivity contribution in [3.63, 3.8) is 0 Å². The van der Waals surface area contributed by atoms with Crippen LogP contribution in [0.4, 0.5) is 0 Å². The molecule has 9 heteroatoms. The minimum Gasteiger partial charge on any atom is -0.412 e. The number of hydrogen-bond acceptors (Lipinski definition) is 4. The zero-order chi connectivity index (χ0) is 9.61. The van der Waals surface area contributed by atoms with E-state index < -0.39 is 10.4 Å². The second-order valence-corrected chi connectivity index (χ2v) is 2.99. The molecule has 0 spiro atoms. The third kappa shape index (κ3) is 22.7. The molecule has 0 aliphatic heterocycles. The van der Waals surface area contributed by atoms with E-state index in [0.717, 1.165) is 5.03 Å². The Balaban J connectivity index is -0.000000159. The van der Waals surface area contributed by atoms with Crippen molar-refractivity contribution in [2.45, 2.75) is 5.03 Å². The highest BCUT2D eigenvalue weighted by molar-refractivity contribution is 7.80. The van der Waals surface area contributed by atoms with Crippen molar-refractivity contribution < 1.29 is 23.0 Å². The molecule has 1 aromatic heterocycles. The van der Waals surface area contributed by atoms with Gasteiger partial charge in [-0.3, -0.25) is 14.1 Å². The molecule has 0 aromatic carbocycles. The van der Waals surface area contributed by atoms with E-state index in [-0.39, 0.29) is 28.5 Å². The number of pyridine rings is 1. The molecule has 0 saturated carbocycles. The average Bonchev–Trinajstić information content (AvgIpc) is 1.85. The Hall–Kier alpha value is 0.0962. The van der Waals surface area contributed by atoms with Crippen molar-refractivity contribution in [2.75, 3.05) is 0 Å². The zero-order valence-electron chi connectivity index (χ0n) is 6.32. The molecule has 1 rings (SSSR count). The van der Waals surface area contributed by atoms with Crippen LogP contribution in [0, 0.1) is 0 Å². The van der Waals surface area contributed by atoms with Gasteiger partial charge in [-0.25, -0.2) is 0 Å². The number of nitrogens with zero attached hydrogens (tertiary/aromatic N) is 1. The third-order valence-corrected chi connectivity index (χ3v) is 0.914. The van der Waals surface area contributed by atoms with Gasteiger partial charge in [0.05, 0.1) is 5.03 Å². The van der Waals surface area contributed by atoms with Gasteiger partial charge in [-0.05, 0) is 12.1 Å². The van der Waals surface area contributed by atoms with Crippen molar-refractivity contribution in [2.24, 2.45) is 0 Å². The van der Waals surface area contributed by atoms with Gasteiger partial charge in [0.25, 0.3) is 0 Å². The van der Waals surface area contributed by atoms with Gasteiger partial charge in [0, 0.05) is 6.20 Å². The Morgan fingerprint density at radius 1 is 1.29 bits per heavy atom. The molecule has 14 heavy (non-hydrogen) atoms. The van der Waals surface area contributed by atoms with Gasteiger partial charge in [0.2, 0.25) is 0 Å². The Kier molecular flexibility index (Phi) is 13.5. The normalized spacial score (nSPS) is 8.50. The molecule has 1 heterocycles. The fourth-order valence-electron chi connectivity index (χ4n) is 0.354. The first-order valence-corrected chi connectivity index (χ1v) is 4.54. The fraction of sp³-hybridized carbons (Fsp3) is 0. The number of rotatable bonds is 0. The highest BCUT2D eigenvalue weighted by Crippen LogP contribution is 1.95. The van der Waals surface area contributed by atoms with Gasteiger partial charge in [-0.2, -0.15) is 8.42 Å². The Morgan fingerprint density at radius 3 is 1.86 bits per heavy atom. The van der Waals surface area contributed by atoms with Gasteiger partial charge in [0.1, 0.15) is 0 Å². The lowest BCUT2D eigenvalue weighted by Crippen LogP contribution is -1.89. The van der Waals surface area contributed by atoms with Crippen LogP contribution in [0.1, 0.15) is 0 Å². The molecule has 4 N–H and O–H groups in total. The molecule has 80 valence electrons. The van der Waals surface area contributed by atoms with Crippen LogP contribution in [0.2, 0.25) is 0 Å². The summed E-state index contributed by atoms with van der Waals surface area (Å²) >= 11 is 3.97. The van der Waals surface area contributed by atoms with E-state index in [9.17, 15) is 0 Å². The minimum absolute atomic E-state index is 0. The molecule has 0 saturated heterocycles. The summed E-state index contributed by atoms with van der Waals surface area (Å²) in [5.74, 6) is 0. The van der Waals surface area contributed by atoms with E-state index in [1.165, 1.54) is 0 Å². The SMILES string of the molecule is O.O=S(=O)(O)O.Sc1ccccn1.[MgH2]. The minimum atomic E-state index is -4.67. The summed E-state index contributed by atoms with van der Waals surface area (Å²) in [5.41, 5.74) is 0. The van der Waals surface area contributed by atoms with Crippen LogP contribution in [0.5, 0.6) is 0 Å². The number of thiol groups is 1. The van der Waals surface area contributed by atoms with E-state index in [2.05, 4.69) is 17.6 Å². The van der Waals surface area contributed by atoms with Crippen molar-refractivity contribution >= 4 is 46.1 Å². The third-order valence-electron chi connectivity index (χ3n) is 0.649. The van der Waals surface area contributed by atoms with Crippen molar-refractivity contribution in [3.8, 4) is 0 Å². The average molecular weight is 254 g/mol. The van der Waals surface area contributed by atoms with Gasteiger partial charge >= 0.3 is 33.5 Å². The molecule has 0 aliphatic rings. The van der Waals surface area contributed by atoms with E-state index >= 15 is 0 Å². The molecule has 0 amide bonds. The van der Waals surface area contributed by atoms with Crippen LogP contribution in [-0.4, -0.2) is 51.0 Å². The van der Waals surface area contributed by atoms with Crippen molar-refractivity contribution in [1.29, 1.82) is 0 Å². The summed E-state index contributed by atoms with van der Waals surface area (Å²) in [5, 5.41) is 0.766. The monoisotopic (exact) mass is 253 g/mol. The van der Waals surface area contributed by atoms with Crippen LogP contribution in [0.25, 0.3) is 0 Å². The molecule has 1 aromatic rings. The van der Waals surface area contributed by atoms with Gasteiger partial charge < -0.3 is 5.48 Å². The summed E-state index contributed by atoms with van der Waals surface area (Å²) in [4.78, 5) is 3.84. The molecule has 0 bridgehead atoms. The van der Waals surface area contributed by atoms with Crippen LogP contribution >= 0.6 is 12.6 Å². The quantitative estimate of drug-likeness (QED) is 0.310. The molecule has 0 radical (unpaired) electrons. The summed E-state index contributed by atoms with van der Waals surface area (Å²) in [6, 6.07) is 5.60. The topological polar surface area (TPSA) is 119 Å². The lowest BCUT2D eigenvalue weighted by atomic mass is 10.5. The maximum Gasteiger partial charge on any atom is 0.394 e. The predicted octanol–water partition coefficient (Wildman–Crippen LogP) is -1.02. The second kappa shape index (κ2) is 9.64. The van der Waals surface area contributed by atoms with Gasteiger partial charge in [-0.1, -0.05) is 6.07 Å². The summed E-state index contributed by atoms with van der Waals surface area (Å²) in [6.07, 6.45) is 1.71. The van der Waals surface area contributed by atoms with Gasteiger partial charge in [-0.15, -0.1) is 12.6 Å². The summed E-state index contributed by atoms with van der Waals surface area (Å²) < 4.78 is 31.6. The van der Waals surface area contributed by atoms with Crippen LogP contribution < -0.4 is 0 Å². The molecular formula is C5H11MgNO5S2. The molecule has 0 fully saturated rings. The first kappa shape index (κ1) is 19.6. The molecule has 6 nitrogen and oxygen atoms in total. The van der Waals surface area contributed by atoms with Crippen molar-refractivity contribution in [1.82, 2.24) is 4.98 Å². The Labute approximate surface area is 103 Å². The second-order valence-electron chi connectivity index (χ2n) is 1.64. The first-order chi connectivity index (χ1) is 5.39. The maximum absolute atomic E-state index is 8.74. The lowest BCUT2D eigenvalue weighted by molar-refractivity contribution is 0.381. The van der Waals surface area contributed by atoms with Crippen LogP contribution in [0.3, 0.4) is 0 Å². The largest absolute Gasteiger partial charge is 0.412 e. The summed E-state index contributed by atoms with van der Waals surface area (Å²) in [7, 11) is -4.67. The van der Waals surface area contributed by atoms with Crippen LogP contribution in [-0.2, 0) is 10.4 Å². The first-order valence-electron chi connectivity index (χ1n) is 2.69. The van der Waals surface area contributed by atoms with E-state index in [1.54, 1.807) is 6.20 Å². The van der Waals surface area contributed by atoms with Gasteiger partial charge in [0.15, 0.2) is 0 Å². The zero-order valence-corrected chi connectivity index (χ0v) is 8.03. The molecule has 0 unspecified atom stereocenters. The standard InChI is InChI=1S/C5H5NS.Mg.H2O4S.H2O.2H/c7-5-3-1-2-4-6-5;;1-5(2,3)4;;;/h1-4H,(H,6,7);;(H2,1,2,3,4);1H2;;. The smallest absolute Gasteiger partial charge is 0.394 e. The fourth-order valence-corrected chi connectivity index (χ4v) is 0.506. The van der Waals surface area contributed by atoms with Crippen LogP contribution in [0.15, 0.2) is 29.4 Å². The Morgan fingerprint density at radius 2 is 1.71 bits per heavy atom. The van der Waals surface area contributed by atoms with E-state index in [0.29, 0.717) is 0 Å². The summed E-state index contributed by atoms with van der Waals surface area (Å²) in [6.45, 7) is 0. The Bertz CT molecular complexity index is 308. The molecule has 0 atom stereocenters. The lowest BCUT2D eigenvalue weighted by Gasteiger charge is -1.81. The molecular weight excluding hydrogens is 242 g/mol. The van der Waals surface area contributed by atoms with Crippen molar-refractivity contribution in [3.05, 3.63) is 24.4 Å². The van der Waals surface area contributed by atoms with E-state index in [1.807, 2.05) is 18.2 Å². The highest BCUT2D eigenvalue weighted by atomic mass is 32.3. The number of hydrogen-bond donors (Lipinski definition) is 3. The number of aromatic nitrogens is 1. The predicted molar refractivity (Wildman–Crippen MR) is 57.8 cm³/mol. The molecule has 0 aliphatic carbocycles.